The second kappa shape index (κ2) is 6.79. The largest absolute Gasteiger partial charge is 0.373 e. The molecule has 0 saturated heterocycles. The van der Waals surface area contributed by atoms with Gasteiger partial charge in [-0.1, -0.05) is 38.5 Å². The Kier molecular flexibility index (Phi) is 5.67. The zero-order valence-corrected chi connectivity index (χ0v) is 12.6. The molecule has 0 radical (unpaired) electrons. The van der Waals surface area contributed by atoms with Crippen molar-refractivity contribution in [3.8, 4) is 0 Å². The Hall–Kier alpha value is -1.02. The first-order valence-electron chi connectivity index (χ1n) is 6.87. The molecule has 0 aromatic heterocycles. The molecule has 1 aromatic rings. The second-order valence-corrected chi connectivity index (χ2v) is 6.32. The molecule has 0 aliphatic heterocycles. The zero-order valence-electron chi connectivity index (χ0n) is 12.6. The van der Waals surface area contributed by atoms with Gasteiger partial charge >= 0.3 is 0 Å². The van der Waals surface area contributed by atoms with Crippen LogP contribution in [0, 0.1) is 12.3 Å². The van der Waals surface area contributed by atoms with Gasteiger partial charge < -0.3 is 10.2 Å². The van der Waals surface area contributed by atoms with Crippen LogP contribution in [0.15, 0.2) is 24.3 Å². The molecular formula is C16H28N2. The molecule has 0 aliphatic carbocycles. The highest BCUT2D eigenvalue weighted by Crippen LogP contribution is 2.17. The van der Waals surface area contributed by atoms with E-state index < -0.39 is 0 Å². The number of likely N-dealkylation sites (N-methyl/N-ethyl adjacent to an activating group) is 1. The van der Waals surface area contributed by atoms with Crippen LogP contribution in [0.5, 0.6) is 0 Å². The average molecular weight is 248 g/mol. The van der Waals surface area contributed by atoms with E-state index >= 15 is 0 Å². The van der Waals surface area contributed by atoms with E-state index in [-0.39, 0.29) is 0 Å². The smallest absolute Gasteiger partial charge is 0.0364 e. The van der Waals surface area contributed by atoms with E-state index in [0.717, 1.165) is 19.6 Å². The van der Waals surface area contributed by atoms with Crippen molar-refractivity contribution in [3.05, 3.63) is 29.8 Å². The van der Waals surface area contributed by atoms with Crippen LogP contribution in [0.4, 0.5) is 5.69 Å². The summed E-state index contributed by atoms with van der Waals surface area (Å²) in [5.41, 5.74) is 3.03. The molecular weight excluding hydrogens is 220 g/mol. The Morgan fingerprint density at radius 1 is 1.06 bits per heavy atom. The molecule has 1 aromatic carbocycles. The van der Waals surface area contributed by atoms with Crippen molar-refractivity contribution in [2.75, 3.05) is 31.6 Å². The molecule has 2 nitrogen and oxygen atoms in total. The minimum atomic E-state index is 0.426. The number of benzene rings is 1. The summed E-state index contributed by atoms with van der Waals surface area (Å²) in [6, 6.07) is 8.70. The van der Waals surface area contributed by atoms with Crippen LogP contribution < -0.4 is 10.2 Å². The molecule has 1 rings (SSSR count). The van der Waals surface area contributed by atoms with Gasteiger partial charge in [-0.25, -0.2) is 0 Å². The third-order valence-electron chi connectivity index (χ3n) is 3.15. The fourth-order valence-electron chi connectivity index (χ4n) is 1.76. The molecule has 0 amide bonds. The molecule has 0 spiro atoms. The number of aryl methyl sites for hydroxylation is 1. The summed E-state index contributed by atoms with van der Waals surface area (Å²) in [7, 11) is 2.15. The predicted octanol–water partition coefficient (Wildman–Crippen LogP) is 3.46. The third kappa shape index (κ3) is 6.06. The Bertz CT molecular complexity index is 335. The van der Waals surface area contributed by atoms with Crippen molar-refractivity contribution < 1.29 is 0 Å². The van der Waals surface area contributed by atoms with Crippen LogP contribution >= 0.6 is 0 Å². The maximum Gasteiger partial charge on any atom is 0.0364 e. The first-order chi connectivity index (χ1) is 8.38. The number of hydrogen-bond acceptors (Lipinski definition) is 2. The number of hydrogen-bond donors (Lipinski definition) is 1. The van der Waals surface area contributed by atoms with E-state index in [0.29, 0.717) is 5.41 Å². The van der Waals surface area contributed by atoms with Gasteiger partial charge in [-0.2, -0.15) is 0 Å². The molecule has 0 unspecified atom stereocenters. The van der Waals surface area contributed by atoms with Crippen molar-refractivity contribution in [2.24, 2.45) is 5.41 Å². The van der Waals surface area contributed by atoms with Gasteiger partial charge in [0, 0.05) is 25.8 Å². The Balaban J connectivity index is 2.21. The molecule has 18 heavy (non-hydrogen) atoms. The highest BCUT2D eigenvalue weighted by Gasteiger charge is 2.08. The Labute approximate surface area is 112 Å². The lowest BCUT2D eigenvalue weighted by molar-refractivity contribution is 0.368. The van der Waals surface area contributed by atoms with Gasteiger partial charge in [0.25, 0.3) is 0 Å². The first-order valence-corrected chi connectivity index (χ1v) is 6.87. The topological polar surface area (TPSA) is 15.3 Å². The molecule has 0 atom stereocenters. The van der Waals surface area contributed by atoms with Gasteiger partial charge in [-0.15, -0.1) is 0 Å². The SMILES string of the molecule is Cc1ccc(N(C)CCNCCC(C)(C)C)cc1. The van der Waals surface area contributed by atoms with Gasteiger partial charge in [0.05, 0.1) is 0 Å². The summed E-state index contributed by atoms with van der Waals surface area (Å²) in [5, 5.41) is 3.51. The molecule has 0 bridgehead atoms. The van der Waals surface area contributed by atoms with Crippen molar-refractivity contribution in [2.45, 2.75) is 34.1 Å². The van der Waals surface area contributed by atoms with Crippen molar-refractivity contribution >= 4 is 5.69 Å². The lowest BCUT2D eigenvalue weighted by Crippen LogP contribution is -2.30. The van der Waals surface area contributed by atoms with Crippen molar-refractivity contribution in [1.82, 2.24) is 5.32 Å². The number of rotatable bonds is 6. The van der Waals surface area contributed by atoms with E-state index in [2.05, 4.69) is 69.2 Å². The summed E-state index contributed by atoms with van der Waals surface area (Å²) in [6.07, 6.45) is 1.22. The molecule has 0 aliphatic rings. The summed E-state index contributed by atoms with van der Waals surface area (Å²) < 4.78 is 0. The van der Waals surface area contributed by atoms with Crippen molar-refractivity contribution in [1.29, 1.82) is 0 Å². The summed E-state index contributed by atoms with van der Waals surface area (Å²) in [6.45, 7) is 12.2. The van der Waals surface area contributed by atoms with Gasteiger partial charge in [-0.3, -0.25) is 0 Å². The Morgan fingerprint density at radius 3 is 2.22 bits per heavy atom. The van der Waals surface area contributed by atoms with Gasteiger partial charge in [0.1, 0.15) is 0 Å². The van der Waals surface area contributed by atoms with E-state index in [4.69, 9.17) is 0 Å². The fourth-order valence-corrected chi connectivity index (χ4v) is 1.76. The highest BCUT2D eigenvalue weighted by molar-refractivity contribution is 5.46. The van der Waals surface area contributed by atoms with Gasteiger partial charge in [0.15, 0.2) is 0 Å². The first kappa shape index (κ1) is 15.0. The van der Waals surface area contributed by atoms with Gasteiger partial charge in [-0.05, 0) is 37.4 Å². The Morgan fingerprint density at radius 2 is 1.67 bits per heavy atom. The quantitative estimate of drug-likeness (QED) is 0.776. The number of nitrogens with zero attached hydrogens (tertiary/aromatic N) is 1. The second-order valence-electron chi connectivity index (χ2n) is 6.32. The minimum absolute atomic E-state index is 0.426. The van der Waals surface area contributed by atoms with E-state index in [9.17, 15) is 0 Å². The van der Waals surface area contributed by atoms with E-state index in [1.807, 2.05) is 0 Å². The summed E-state index contributed by atoms with van der Waals surface area (Å²) >= 11 is 0. The fraction of sp³-hybridized carbons (Fsp3) is 0.625. The zero-order chi connectivity index (χ0) is 13.6. The molecule has 0 saturated carbocycles. The lowest BCUT2D eigenvalue weighted by Gasteiger charge is -2.21. The molecule has 0 heterocycles. The third-order valence-corrected chi connectivity index (χ3v) is 3.15. The lowest BCUT2D eigenvalue weighted by atomic mass is 9.92. The maximum absolute atomic E-state index is 3.51. The van der Waals surface area contributed by atoms with Crippen LogP contribution in [0.3, 0.4) is 0 Å². The molecule has 1 N–H and O–H groups in total. The monoisotopic (exact) mass is 248 g/mol. The van der Waals surface area contributed by atoms with Crippen LogP contribution in [0.25, 0.3) is 0 Å². The van der Waals surface area contributed by atoms with Crippen molar-refractivity contribution in [3.63, 3.8) is 0 Å². The van der Waals surface area contributed by atoms with Crippen LogP contribution in [-0.4, -0.2) is 26.7 Å². The van der Waals surface area contributed by atoms with E-state index in [1.54, 1.807) is 0 Å². The van der Waals surface area contributed by atoms with Crippen LogP contribution in [-0.2, 0) is 0 Å². The molecule has 2 heteroatoms. The summed E-state index contributed by atoms with van der Waals surface area (Å²) in [4.78, 5) is 2.30. The average Bonchev–Trinajstić information content (AvgIpc) is 2.27. The molecule has 0 fully saturated rings. The van der Waals surface area contributed by atoms with Crippen LogP contribution in [0.2, 0.25) is 0 Å². The van der Waals surface area contributed by atoms with Gasteiger partial charge in [0.2, 0.25) is 0 Å². The van der Waals surface area contributed by atoms with Crippen LogP contribution in [0.1, 0.15) is 32.8 Å². The predicted molar refractivity (Wildman–Crippen MR) is 81.4 cm³/mol. The minimum Gasteiger partial charge on any atom is -0.373 e. The standard InChI is InChI=1S/C16H28N2/c1-14-6-8-15(9-7-14)18(5)13-12-17-11-10-16(2,3)4/h6-9,17H,10-13H2,1-5H3. The highest BCUT2D eigenvalue weighted by atomic mass is 15.1. The number of anilines is 1. The molecule has 102 valence electrons. The maximum atomic E-state index is 3.51. The van der Waals surface area contributed by atoms with E-state index in [1.165, 1.54) is 17.7 Å². The number of nitrogens with one attached hydrogen (secondary N) is 1. The summed E-state index contributed by atoms with van der Waals surface area (Å²) in [5.74, 6) is 0. The normalized spacial score (nSPS) is 11.6.